The molecule has 3 heteroatoms. The van der Waals surface area contributed by atoms with Crippen molar-refractivity contribution in [2.24, 2.45) is 5.92 Å². The Kier molecular flexibility index (Phi) is 4.00. The highest BCUT2D eigenvalue weighted by molar-refractivity contribution is 5.39. The lowest BCUT2D eigenvalue weighted by Crippen LogP contribution is -2.35. The van der Waals surface area contributed by atoms with Gasteiger partial charge in [0.1, 0.15) is 5.82 Å². The van der Waals surface area contributed by atoms with E-state index in [4.69, 9.17) is 5.11 Å². The molecule has 0 amide bonds. The molecule has 0 unspecified atom stereocenters. The molecule has 0 radical (unpaired) electrons. The molecule has 1 fully saturated rings. The van der Waals surface area contributed by atoms with Gasteiger partial charge >= 0.3 is 0 Å². The van der Waals surface area contributed by atoms with E-state index in [1.54, 1.807) is 0 Å². The van der Waals surface area contributed by atoms with Gasteiger partial charge in [0.2, 0.25) is 0 Å². The van der Waals surface area contributed by atoms with Crippen molar-refractivity contribution in [3.8, 4) is 0 Å². The first-order valence-electron chi connectivity index (χ1n) is 6.50. The summed E-state index contributed by atoms with van der Waals surface area (Å²) in [5, 5.41) is 9.11. The standard InChI is InChI=1S/C14H22N2O/c1-11-6-8-13(9-7-11)16(2)14-5-3-4-12(10-17)15-14/h3-5,11,13,17H,6-10H2,1-2H3. The topological polar surface area (TPSA) is 36.4 Å². The summed E-state index contributed by atoms with van der Waals surface area (Å²) in [6.07, 6.45) is 5.13. The minimum Gasteiger partial charge on any atom is -0.390 e. The van der Waals surface area contributed by atoms with E-state index >= 15 is 0 Å². The summed E-state index contributed by atoms with van der Waals surface area (Å²) in [5.74, 6) is 1.85. The molecule has 0 bridgehead atoms. The number of hydrogen-bond acceptors (Lipinski definition) is 3. The molecular formula is C14H22N2O. The lowest BCUT2D eigenvalue weighted by atomic mass is 9.87. The molecule has 1 saturated carbocycles. The van der Waals surface area contributed by atoms with Crippen molar-refractivity contribution in [1.29, 1.82) is 0 Å². The second kappa shape index (κ2) is 5.50. The molecule has 2 rings (SSSR count). The first-order valence-corrected chi connectivity index (χ1v) is 6.50. The monoisotopic (exact) mass is 234 g/mol. The van der Waals surface area contributed by atoms with Crippen LogP contribution in [0.4, 0.5) is 5.82 Å². The van der Waals surface area contributed by atoms with E-state index < -0.39 is 0 Å². The molecule has 0 saturated heterocycles. The van der Waals surface area contributed by atoms with E-state index in [9.17, 15) is 0 Å². The van der Waals surface area contributed by atoms with Crippen LogP contribution in [0.3, 0.4) is 0 Å². The van der Waals surface area contributed by atoms with Crippen molar-refractivity contribution in [1.82, 2.24) is 4.98 Å². The van der Waals surface area contributed by atoms with Crippen LogP contribution in [0.2, 0.25) is 0 Å². The Hall–Kier alpha value is -1.09. The van der Waals surface area contributed by atoms with Gasteiger partial charge in [0.25, 0.3) is 0 Å². The third-order valence-electron chi connectivity index (χ3n) is 3.85. The summed E-state index contributed by atoms with van der Waals surface area (Å²) in [4.78, 5) is 6.73. The van der Waals surface area contributed by atoms with E-state index in [1.807, 2.05) is 18.2 Å². The zero-order valence-electron chi connectivity index (χ0n) is 10.8. The second-order valence-electron chi connectivity index (χ2n) is 5.17. The van der Waals surface area contributed by atoms with Gasteiger partial charge in [0.15, 0.2) is 0 Å². The summed E-state index contributed by atoms with van der Waals surface area (Å²) in [6, 6.07) is 6.46. The number of pyridine rings is 1. The van der Waals surface area contributed by atoms with Crippen molar-refractivity contribution < 1.29 is 5.11 Å². The van der Waals surface area contributed by atoms with Gasteiger partial charge in [-0.25, -0.2) is 4.98 Å². The molecule has 17 heavy (non-hydrogen) atoms. The third kappa shape index (κ3) is 2.97. The summed E-state index contributed by atoms with van der Waals surface area (Å²) < 4.78 is 0. The van der Waals surface area contributed by atoms with Gasteiger partial charge in [-0.1, -0.05) is 13.0 Å². The Morgan fingerprint density at radius 2 is 2.00 bits per heavy atom. The number of aromatic nitrogens is 1. The fourth-order valence-electron chi connectivity index (χ4n) is 2.57. The quantitative estimate of drug-likeness (QED) is 0.873. The summed E-state index contributed by atoms with van der Waals surface area (Å²) in [7, 11) is 2.12. The molecule has 0 atom stereocenters. The lowest BCUT2D eigenvalue weighted by Gasteiger charge is -2.34. The summed E-state index contributed by atoms with van der Waals surface area (Å²) in [6.45, 7) is 2.35. The smallest absolute Gasteiger partial charge is 0.128 e. The average Bonchev–Trinajstić information content (AvgIpc) is 2.39. The van der Waals surface area contributed by atoms with Gasteiger partial charge in [-0.05, 0) is 43.7 Å². The van der Waals surface area contributed by atoms with Gasteiger partial charge in [-0.3, -0.25) is 0 Å². The van der Waals surface area contributed by atoms with Crippen LogP contribution in [-0.2, 0) is 6.61 Å². The van der Waals surface area contributed by atoms with E-state index in [0.29, 0.717) is 6.04 Å². The van der Waals surface area contributed by atoms with Crippen LogP contribution in [-0.4, -0.2) is 23.2 Å². The fraction of sp³-hybridized carbons (Fsp3) is 0.643. The molecule has 1 aliphatic carbocycles. The normalized spacial score (nSPS) is 24.6. The predicted octanol–water partition coefficient (Wildman–Crippen LogP) is 2.59. The molecular weight excluding hydrogens is 212 g/mol. The molecule has 1 heterocycles. The largest absolute Gasteiger partial charge is 0.390 e. The van der Waals surface area contributed by atoms with Crippen LogP contribution in [0.25, 0.3) is 0 Å². The number of rotatable bonds is 3. The van der Waals surface area contributed by atoms with Gasteiger partial charge in [0, 0.05) is 13.1 Å². The molecule has 0 aliphatic heterocycles. The Bertz CT molecular complexity index is 359. The number of aliphatic hydroxyl groups is 1. The van der Waals surface area contributed by atoms with Crippen LogP contribution in [0.5, 0.6) is 0 Å². The van der Waals surface area contributed by atoms with Crippen molar-refractivity contribution in [3.63, 3.8) is 0 Å². The fourth-order valence-corrected chi connectivity index (χ4v) is 2.57. The Morgan fingerprint density at radius 3 is 2.65 bits per heavy atom. The maximum atomic E-state index is 9.11. The van der Waals surface area contributed by atoms with Gasteiger partial charge < -0.3 is 10.0 Å². The number of hydrogen-bond donors (Lipinski definition) is 1. The van der Waals surface area contributed by atoms with Crippen LogP contribution < -0.4 is 4.90 Å². The van der Waals surface area contributed by atoms with Gasteiger partial charge in [-0.2, -0.15) is 0 Å². The van der Waals surface area contributed by atoms with Crippen molar-refractivity contribution in [2.75, 3.05) is 11.9 Å². The van der Waals surface area contributed by atoms with Crippen LogP contribution in [0.1, 0.15) is 38.3 Å². The molecule has 0 aromatic carbocycles. The van der Waals surface area contributed by atoms with E-state index in [1.165, 1.54) is 25.7 Å². The molecule has 94 valence electrons. The highest BCUT2D eigenvalue weighted by atomic mass is 16.3. The van der Waals surface area contributed by atoms with E-state index in [0.717, 1.165) is 17.4 Å². The Morgan fingerprint density at radius 1 is 1.29 bits per heavy atom. The SMILES string of the molecule is CC1CCC(N(C)c2cccc(CO)n2)CC1. The lowest BCUT2D eigenvalue weighted by molar-refractivity contribution is 0.276. The van der Waals surface area contributed by atoms with Crippen molar-refractivity contribution in [3.05, 3.63) is 23.9 Å². The van der Waals surface area contributed by atoms with Crippen molar-refractivity contribution >= 4 is 5.82 Å². The average molecular weight is 234 g/mol. The number of anilines is 1. The first-order chi connectivity index (χ1) is 8.20. The van der Waals surface area contributed by atoms with Crippen molar-refractivity contribution in [2.45, 2.75) is 45.3 Å². The van der Waals surface area contributed by atoms with Gasteiger partial charge in [0.05, 0.1) is 12.3 Å². The maximum Gasteiger partial charge on any atom is 0.128 e. The van der Waals surface area contributed by atoms with Crippen LogP contribution in [0.15, 0.2) is 18.2 Å². The number of aliphatic hydroxyl groups excluding tert-OH is 1. The molecule has 0 spiro atoms. The highest BCUT2D eigenvalue weighted by Gasteiger charge is 2.22. The summed E-state index contributed by atoms with van der Waals surface area (Å²) in [5.41, 5.74) is 0.749. The zero-order chi connectivity index (χ0) is 12.3. The Balaban J connectivity index is 2.05. The molecule has 1 aromatic heterocycles. The second-order valence-corrected chi connectivity index (χ2v) is 5.17. The highest BCUT2D eigenvalue weighted by Crippen LogP contribution is 2.28. The van der Waals surface area contributed by atoms with E-state index in [-0.39, 0.29) is 6.61 Å². The Labute approximate surface area is 103 Å². The van der Waals surface area contributed by atoms with Crippen LogP contribution >= 0.6 is 0 Å². The number of nitrogens with zero attached hydrogens (tertiary/aromatic N) is 2. The first kappa shape index (κ1) is 12.4. The summed E-state index contributed by atoms with van der Waals surface area (Å²) >= 11 is 0. The third-order valence-corrected chi connectivity index (χ3v) is 3.85. The maximum absolute atomic E-state index is 9.11. The minimum absolute atomic E-state index is 0.0172. The van der Waals surface area contributed by atoms with Crippen LogP contribution in [0, 0.1) is 5.92 Å². The molecule has 1 N–H and O–H groups in total. The van der Waals surface area contributed by atoms with E-state index in [2.05, 4.69) is 23.9 Å². The molecule has 3 nitrogen and oxygen atoms in total. The molecule has 1 aromatic rings. The van der Waals surface area contributed by atoms with Gasteiger partial charge in [-0.15, -0.1) is 0 Å². The minimum atomic E-state index is 0.0172. The zero-order valence-corrected chi connectivity index (χ0v) is 10.8. The predicted molar refractivity (Wildman–Crippen MR) is 70.0 cm³/mol. The molecule has 1 aliphatic rings.